The lowest BCUT2D eigenvalue weighted by atomic mass is 10.1. The summed E-state index contributed by atoms with van der Waals surface area (Å²) < 4.78 is 13.6. The van der Waals surface area contributed by atoms with Gasteiger partial charge in [0.05, 0.1) is 4.47 Å². The number of benzene rings is 1. The molecule has 0 aliphatic carbocycles. The monoisotopic (exact) mass is 300 g/mol. The van der Waals surface area contributed by atoms with E-state index in [1.807, 2.05) is 5.01 Å². The first-order chi connectivity index (χ1) is 8.16. The number of hydrogen-bond donors (Lipinski definition) is 1. The summed E-state index contributed by atoms with van der Waals surface area (Å²) in [5.74, 6) is -0.672. The molecular weight excluding hydrogens is 287 g/mol. The zero-order chi connectivity index (χ0) is 12.3. The van der Waals surface area contributed by atoms with Gasteiger partial charge in [-0.3, -0.25) is 10.2 Å². The highest BCUT2D eigenvalue weighted by Crippen LogP contribution is 2.16. The Labute approximate surface area is 108 Å². The average Bonchev–Trinajstić information content (AvgIpc) is 2.34. The quantitative estimate of drug-likeness (QED) is 0.911. The molecule has 1 N–H and O–H groups in total. The minimum absolute atomic E-state index is 0.252. The van der Waals surface area contributed by atoms with Crippen LogP contribution in [0.25, 0.3) is 0 Å². The first-order valence-corrected chi connectivity index (χ1v) is 6.47. The number of rotatable bonds is 2. The van der Waals surface area contributed by atoms with Crippen LogP contribution < -0.4 is 5.43 Å². The van der Waals surface area contributed by atoms with Crippen molar-refractivity contribution in [2.24, 2.45) is 0 Å². The summed E-state index contributed by atoms with van der Waals surface area (Å²) in [6.45, 7) is 1.73. The van der Waals surface area contributed by atoms with Gasteiger partial charge in [0, 0.05) is 18.7 Å². The standard InChI is InChI=1S/C12H14BrFN2O/c13-10-5-4-9(8-11(10)14)12(17)15-16-6-2-1-3-7-16/h4-5,8H,1-3,6-7H2,(H,15,17). The second-order valence-corrected chi connectivity index (χ2v) is 4.97. The first kappa shape index (κ1) is 12.5. The van der Waals surface area contributed by atoms with Gasteiger partial charge in [-0.05, 0) is 47.0 Å². The van der Waals surface area contributed by atoms with Crippen LogP contribution in [-0.2, 0) is 0 Å². The van der Waals surface area contributed by atoms with E-state index in [9.17, 15) is 9.18 Å². The fraction of sp³-hybridized carbons (Fsp3) is 0.417. The molecule has 3 nitrogen and oxygen atoms in total. The Morgan fingerprint density at radius 2 is 2.00 bits per heavy atom. The Kier molecular flexibility index (Phi) is 4.12. The molecule has 1 aromatic rings. The number of hydrogen-bond acceptors (Lipinski definition) is 2. The van der Waals surface area contributed by atoms with Crippen LogP contribution in [0.2, 0.25) is 0 Å². The fourth-order valence-corrected chi connectivity index (χ4v) is 2.10. The van der Waals surface area contributed by atoms with Gasteiger partial charge < -0.3 is 0 Å². The van der Waals surface area contributed by atoms with E-state index >= 15 is 0 Å². The predicted octanol–water partition coefficient (Wildman–Crippen LogP) is 2.72. The molecule has 1 aliphatic rings. The fourth-order valence-electron chi connectivity index (χ4n) is 1.85. The summed E-state index contributed by atoms with van der Waals surface area (Å²) in [6.07, 6.45) is 3.39. The molecule has 0 unspecified atom stereocenters. The Morgan fingerprint density at radius 1 is 1.29 bits per heavy atom. The maximum absolute atomic E-state index is 13.3. The second kappa shape index (κ2) is 5.60. The molecule has 2 rings (SSSR count). The Hall–Kier alpha value is -0.940. The van der Waals surface area contributed by atoms with Crippen molar-refractivity contribution in [3.05, 3.63) is 34.1 Å². The number of amides is 1. The topological polar surface area (TPSA) is 32.3 Å². The van der Waals surface area contributed by atoms with Crippen LogP contribution in [0.3, 0.4) is 0 Å². The van der Waals surface area contributed by atoms with Gasteiger partial charge in [-0.25, -0.2) is 9.40 Å². The average molecular weight is 301 g/mol. The molecule has 0 saturated carbocycles. The molecule has 92 valence electrons. The zero-order valence-corrected chi connectivity index (χ0v) is 11.0. The van der Waals surface area contributed by atoms with Crippen LogP contribution in [-0.4, -0.2) is 24.0 Å². The Bertz CT molecular complexity index is 419. The minimum Gasteiger partial charge on any atom is -0.285 e. The van der Waals surface area contributed by atoms with Crippen LogP contribution in [0.4, 0.5) is 4.39 Å². The molecule has 0 spiro atoms. The van der Waals surface area contributed by atoms with Crippen molar-refractivity contribution < 1.29 is 9.18 Å². The van der Waals surface area contributed by atoms with Gasteiger partial charge in [0.15, 0.2) is 0 Å². The molecule has 0 atom stereocenters. The summed E-state index contributed by atoms with van der Waals surface area (Å²) in [7, 11) is 0. The summed E-state index contributed by atoms with van der Waals surface area (Å²) in [4.78, 5) is 11.8. The number of carbonyl (C=O) groups excluding carboxylic acids is 1. The zero-order valence-electron chi connectivity index (χ0n) is 9.38. The number of halogens is 2. The molecule has 17 heavy (non-hydrogen) atoms. The molecule has 5 heteroatoms. The third kappa shape index (κ3) is 3.26. The van der Waals surface area contributed by atoms with Crippen molar-refractivity contribution in [3.8, 4) is 0 Å². The minimum atomic E-state index is -0.420. The molecule has 0 aromatic heterocycles. The third-order valence-corrected chi connectivity index (χ3v) is 3.44. The van der Waals surface area contributed by atoms with Crippen LogP contribution in [0, 0.1) is 5.82 Å². The van der Waals surface area contributed by atoms with Gasteiger partial charge in [-0.1, -0.05) is 6.42 Å². The predicted molar refractivity (Wildman–Crippen MR) is 67.0 cm³/mol. The van der Waals surface area contributed by atoms with Crippen molar-refractivity contribution in [1.29, 1.82) is 0 Å². The van der Waals surface area contributed by atoms with E-state index in [1.165, 1.54) is 12.5 Å². The number of nitrogens with one attached hydrogen (secondary N) is 1. The Balaban J connectivity index is 2.01. The van der Waals surface area contributed by atoms with Gasteiger partial charge >= 0.3 is 0 Å². The highest BCUT2D eigenvalue weighted by Gasteiger charge is 2.14. The molecule has 1 heterocycles. The van der Waals surface area contributed by atoms with Crippen molar-refractivity contribution in [2.45, 2.75) is 19.3 Å². The van der Waals surface area contributed by atoms with Crippen LogP contribution in [0.15, 0.2) is 22.7 Å². The first-order valence-electron chi connectivity index (χ1n) is 5.68. The van der Waals surface area contributed by atoms with Crippen LogP contribution in [0.5, 0.6) is 0 Å². The molecular formula is C12H14BrFN2O. The Morgan fingerprint density at radius 3 is 2.65 bits per heavy atom. The van der Waals surface area contributed by atoms with Crippen LogP contribution >= 0.6 is 15.9 Å². The normalized spacial score (nSPS) is 16.8. The molecule has 0 bridgehead atoms. The van der Waals surface area contributed by atoms with E-state index in [0.29, 0.717) is 10.0 Å². The molecule has 1 fully saturated rings. The number of nitrogens with zero attached hydrogens (tertiary/aromatic N) is 1. The van der Waals surface area contributed by atoms with Crippen molar-refractivity contribution in [3.63, 3.8) is 0 Å². The molecule has 0 radical (unpaired) electrons. The van der Waals surface area contributed by atoms with E-state index in [-0.39, 0.29) is 5.91 Å². The molecule has 1 aromatic carbocycles. The van der Waals surface area contributed by atoms with Gasteiger partial charge in [0.2, 0.25) is 0 Å². The summed E-state index contributed by atoms with van der Waals surface area (Å²) in [5, 5.41) is 1.89. The van der Waals surface area contributed by atoms with E-state index < -0.39 is 5.82 Å². The lowest BCUT2D eigenvalue weighted by Gasteiger charge is -2.26. The van der Waals surface area contributed by atoms with Gasteiger partial charge in [-0.15, -0.1) is 0 Å². The number of piperidine rings is 1. The highest BCUT2D eigenvalue weighted by atomic mass is 79.9. The summed E-state index contributed by atoms with van der Waals surface area (Å²) in [6, 6.07) is 4.39. The van der Waals surface area contributed by atoms with E-state index in [1.54, 1.807) is 12.1 Å². The van der Waals surface area contributed by atoms with Crippen molar-refractivity contribution >= 4 is 21.8 Å². The lowest BCUT2D eigenvalue weighted by Crippen LogP contribution is -2.45. The molecule has 1 amide bonds. The largest absolute Gasteiger partial charge is 0.285 e. The lowest BCUT2D eigenvalue weighted by molar-refractivity contribution is 0.0749. The smallest absolute Gasteiger partial charge is 0.265 e. The highest BCUT2D eigenvalue weighted by molar-refractivity contribution is 9.10. The van der Waals surface area contributed by atoms with Crippen molar-refractivity contribution in [1.82, 2.24) is 10.4 Å². The second-order valence-electron chi connectivity index (χ2n) is 4.12. The van der Waals surface area contributed by atoms with E-state index in [2.05, 4.69) is 21.4 Å². The summed E-state index contributed by atoms with van der Waals surface area (Å²) >= 11 is 3.06. The molecule has 1 aliphatic heterocycles. The molecule has 1 saturated heterocycles. The van der Waals surface area contributed by atoms with E-state index in [0.717, 1.165) is 25.9 Å². The van der Waals surface area contributed by atoms with Crippen LogP contribution in [0.1, 0.15) is 29.6 Å². The van der Waals surface area contributed by atoms with Crippen molar-refractivity contribution in [2.75, 3.05) is 13.1 Å². The number of hydrazine groups is 1. The van der Waals surface area contributed by atoms with Gasteiger partial charge in [0.1, 0.15) is 5.82 Å². The number of carbonyl (C=O) groups is 1. The van der Waals surface area contributed by atoms with Gasteiger partial charge in [0.25, 0.3) is 5.91 Å². The summed E-state index contributed by atoms with van der Waals surface area (Å²) in [5.41, 5.74) is 3.14. The van der Waals surface area contributed by atoms with E-state index in [4.69, 9.17) is 0 Å². The third-order valence-electron chi connectivity index (χ3n) is 2.80. The maximum atomic E-state index is 13.3. The SMILES string of the molecule is O=C(NN1CCCCC1)c1ccc(Br)c(F)c1. The maximum Gasteiger partial charge on any atom is 0.265 e. The van der Waals surface area contributed by atoms with Gasteiger partial charge in [-0.2, -0.15) is 0 Å².